The molecule has 1 rings (SSSR count). The summed E-state index contributed by atoms with van der Waals surface area (Å²) in [6, 6.07) is 3.31. The zero-order chi connectivity index (χ0) is 14.1. The Bertz CT molecular complexity index is 328. The van der Waals surface area contributed by atoms with E-state index in [9.17, 15) is 0 Å². The maximum absolute atomic E-state index is 4.74. The van der Waals surface area contributed by atoms with Crippen molar-refractivity contribution in [3.05, 3.63) is 18.0 Å². The maximum Gasteiger partial charge on any atom is 0.0640 e. The number of rotatable bonds is 10. The summed E-state index contributed by atoms with van der Waals surface area (Å²) in [7, 11) is 2.06. The summed E-state index contributed by atoms with van der Waals surface area (Å²) in [5, 5.41) is 8.17. The van der Waals surface area contributed by atoms with Crippen molar-refractivity contribution in [3.8, 4) is 0 Å². The van der Waals surface area contributed by atoms with Crippen LogP contribution in [0, 0.1) is 0 Å². The van der Waals surface area contributed by atoms with Crippen molar-refractivity contribution in [2.45, 2.75) is 77.8 Å². The van der Waals surface area contributed by atoms with E-state index >= 15 is 0 Å². The van der Waals surface area contributed by atoms with Crippen LogP contribution in [0.4, 0.5) is 0 Å². The van der Waals surface area contributed by atoms with E-state index in [0.717, 1.165) is 19.3 Å². The monoisotopic (exact) mass is 265 g/mol. The first-order chi connectivity index (χ1) is 9.24. The molecule has 3 heteroatoms. The Morgan fingerprint density at radius 1 is 1.21 bits per heavy atom. The Balaban J connectivity index is 2.50. The first-order valence-corrected chi connectivity index (χ1v) is 7.96. The summed E-state index contributed by atoms with van der Waals surface area (Å²) >= 11 is 0. The van der Waals surface area contributed by atoms with E-state index in [1.807, 2.05) is 0 Å². The Labute approximate surface area is 118 Å². The Morgan fingerprint density at radius 3 is 2.53 bits per heavy atom. The minimum atomic E-state index is 0.557. The van der Waals surface area contributed by atoms with Crippen molar-refractivity contribution in [2.24, 2.45) is 0 Å². The third-order valence-corrected chi connectivity index (χ3v) is 4.00. The van der Waals surface area contributed by atoms with Gasteiger partial charge in [0.05, 0.1) is 11.7 Å². The van der Waals surface area contributed by atoms with Gasteiger partial charge in [0.25, 0.3) is 0 Å². The molecule has 0 saturated heterocycles. The molecule has 0 bridgehead atoms. The van der Waals surface area contributed by atoms with Gasteiger partial charge in [-0.1, -0.05) is 40.0 Å². The average Bonchev–Trinajstić information content (AvgIpc) is 2.88. The molecular weight excluding hydrogens is 234 g/mol. The lowest BCUT2D eigenvalue weighted by atomic mass is 10.0. The molecule has 1 N–H and O–H groups in total. The highest BCUT2D eigenvalue weighted by molar-refractivity contribution is 5.02. The van der Waals surface area contributed by atoms with Crippen LogP contribution < -0.4 is 5.32 Å². The smallest absolute Gasteiger partial charge is 0.0640 e. The molecule has 0 aromatic carbocycles. The fraction of sp³-hybridized carbons (Fsp3) is 0.812. The molecule has 0 amide bonds. The molecule has 1 unspecified atom stereocenters. The van der Waals surface area contributed by atoms with E-state index in [1.54, 1.807) is 0 Å². The first-order valence-electron chi connectivity index (χ1n) is 7.96. The van der Waals surface area contributed by atoms with E-state index in [2.05, 4.69) is 50.1 Å². The third-order valence-electron chi connectivity index (χ3n) is 4.00. The molecule has 1 aromatic heterocycles. The van der Waals surface area contributed by atoms with E-state index in [1.165, 1.54) is 31.4 Å². The second-order valence-electron chi connectivity index (χ2n) is 5.44. The van der Waals surface area contributed by atoms with Gasteiger partial charge in [0.1, 0.15) is 0 Å². The number of unbranched alkanes of at least 4 members (excludes halogenated alkanes) is 2. The molecule has 3 nitrogen and oxygen atoms in total. The van der Waals surface area contributed by atoms with Crippen LogP contribution in [0.15, 0.2) is 12.3 Å². The van der Waals surface area contributed by atoms with E-state index in [0.29, 0.717) is 12.1 Å². The Morgan fingerprint density at radius 2 is 1.95 bits per heavy atom. The summed E-state index contributed by atoms with van der Waals surface area (Å²) in [5.74, 6) is 0. The predicted molar refractivity (Wildman–Crippen MR) is 82.5 cm³/mol. The van der Waals surface area contributed by atoms with Crippen LogP contribution in [0.1, 0.15) is 71.0 Å². The van der Waals surface area contributed by atoms with Gasteiger partial charge in [0.15, 0.2) is 0 Å². The molecule has 110 valence electrons. The zero-order valence-electron chi connectivity index (χ0n) is 13.2. The van der Waals surface area contributed by atoms with Gasteiger partial charge < -0.3 is 5.32 Å². The van der Waals surface area contributed by atoms with Crippen LogP contribution in [0.3, 0.4) is 0 Å². The quantitative estimate of drug-likeness (QED) is 0.649. The predicted octanol–water partition coefficient (Wildman–Crippen LogP) is 3.96. The van der Waals surface area contributed by atoms with E-state index in [-0.39, 0.29) is 0 Å². The lowest BCUT2D eigenvalue weighted by molar-refractivity contribution is 0.420. The molecule has 0 spiro atoms. The van der Waals surface area contributed by atoms with Gasteiger partial charge in [-0.2, -0.15) is 5.10 Å². The highest BCUT2D eigenvalue weighted by atomic mass is 15.3. The third kappa shape index (κ3) is 5.35. The van der Waals surface area contributed by atoms with Gasteiger partial charge in [0, 0.05) is 18.7 Å². The summed E-state index contributed by atoms with van der Waals surface area (Å²) in [4.78, 5) is 0. The molecule has 0 aliphatic carbocycles. The molecule has 0 radical (unpaired) electrons. The average molecular weight is 265 g/mol. The fourth-order valence-corrected chi connectivity index (χ4v) is 2.59. The highest BCUT2D eigenvalue weighted by Gasteiger charge is 2.11. The molecule has 0 aliphatic heterocycles. The maximum atomic E-state index is 4.74. The van der Waals surface area contributed by atoms with Gasteiger partial charge >= 0.3 is 0 Å². The van der Waals surface area contributed by atoms with E-state index < -0.39 is 0 Å². The van der Waals surface area contributed by atoms with E-state index in [4.69, 9.17) is 5.10 Å². The topological polar surface area (TPSA) is 29.9 Å². The van der Waals surface area contributed by atoms with Crippen molar-refractivity contribution in [3.63, 3.8) is 0 Å². The van der Waals surface area contributed by atoms with Crippen LogP contribution in [0.5, 0.6) is 0 Å². The van der Waals surface area contributed by atoms with Crippen molar-refractivity contribution in [1.29, 1.82) is 0 Å². The van der Waals surface area contributed by atoms with Crippen molar-refractivity contribution in [2.75, 3.05) is 7.05 Å². The lowest BCUT2D eigenvalue weighted by Crippen LogP contribution is -2.27. The number of hydrogen-bond donors (Lipinski definition) is 1. The summed E-state index contributed by atoms with van der Waals surface area (Å²) in [6.45, 7) is 6.72. The molecule has 1 atom stereocenters. The summed E-state index contributed by atoms with van der Waals surface area (Å²) in [6.07, 6.45) is 10.7. The highest BCUT2D eigenvalue weighted by Crippen LogP contribution is 2.15. The Hall–Kier alpha value is -0.830. The largest absolute Gasteiger partial charge is 0.317 e. The van der Waals surface area contributed by atoms with Gasteiger partial charge in [-0.25, -0.2) is 0 Å². The minimum absolute atomic E-state index is 0.557. The molecule has 1 aromatic rings. The van der Waals surface area contributed by atoms with Crippen LogP contribution in [0.25, 0.3) is 0 Å². The van der Waals surface area contributed by atoms with Crippen molar-refractivity contribution < 1.29 is 0 Å². The van der Waals surface area contributed by atoms with Gasteiger partial charge in [-0.15, -0.1) is 0 Å². The second-order valence-corrected chi connectivity index (χ2v) is 5.44. The Kier molecular flexibility index (Phi) is 7.80. The second kappa shape index (κ2) is 9.13. The van der Waals surface area contributed by atoms with Gasteiger partial charge in [0.2, 0.25) is 0 Å². The SMILES string of the molecule is CCCCCC(Cc1ccn(C(CC)CC)n1)NC. The van der Waals surface area contributed by atoms with Gasteiger partial charge in [-0.3, -0.25) is 4.68 Å². The van der Waals surface area contributed by atoms with Crippen LogP contribution in [-0.2, 0) is 6.42 Å². The lowest BCUT2D eigenvalue weighted by Gasteiger charge is -2.15. The van der Waals surface area contributed by atoms with Gasteiger partial charge in [-0.05, 0) is 32.4 Å². The van der Waals surface area contributed by atoms with Crippen LogP contribution in [-0.4, -0.2) is 22.9 Å². The zero-order valence-corrected chi connectivity index (χ0v) is 13.2. The fourth-order valence-electron chi connectivity index (χ4n) is 2.59. The molecule has 0 aliphatic rings. The van der Waals surface area contributed by atoms with Crippen molar-refractivity contribution >= 4 is 0 Å². The number of likely N-dealkylation sites (N-methyl/N-ethyl adjacent to an activating group) is 1. The number of nitrogens with one attached hydrogen (secondary N) is 1. The molecule has 19 heavy (non-hydrogen) atoms. The summed E-state index contributed by atoms with van der Waals surface area (Å²) in [5.41, 5.74) is 1.22. The van der Waals surface area contributed by atoms with Crippen LogP contribution >= 0.6 is 0 Å². The normalized spacial score (nSPS) is 13.1. The number of hydrogen-bond acceptors (Lipinski definition) is 2. The first kappa shape index (κ1) is 16.2. The summed E-state index contributed by atoms with van der Waals surface area (Å²) < 4.78 is 2.15. The standard InChI is InChI=1S/C16H31N3/c1-5-8-9-10-14(17-4)13-15-11-12-19(18-15)16(6-2)7-3/h11-12,14,16-17H,5-10,13H2,1-4H3. The number of aromatic nitrogens is 2. The molecule has 0 saturated carbocycles. The van der Waals surface area contributed by atoms with Crippen molar-refractivity contribution in [1.82, 2.24) is 15.1 Å². The number of nitrogens with zero attached hydrogens (tertiary/aromatic N) is 2. The molecule has 0 fully saturated rings. The molecule has 1 heterocycles. The van der Waals surface area contributed by atoms with Crippen LogP contribution in [0.2, 0.25) is 0 Å². The minimum Gasteiger partial charge on any atom is -0.317 e. The molecular formula is C16H31N3.